The highest BCUT2D eigenvalue weighted by atomic mass is 16.5. The Morgan fingerprint density at radius 1 is 0.683 bits per heavy atom. The molecule has 0 saturated carbocycles. The Labute approximate surface area is 363 Å². The molecule has 5 aromatic carbocycles. The van der Waals surface area contributed by atoms with Crippen LogP contribution in [0.1, 0.15) is 36.5 Å². The van der Waals surface area contributed by atoms with E-state index < -0.39 is 5.63 Å². The number of ether oxygens (including phenoxy) is 5. The van der Waals surface area contributed by atoms with Crippen LogP contribution in [0.3, 0.4) is 0 Å². The Morgan fingerprint density at radius 2 is 1.21 bits per heavy atom. The minimum Gasteiger partial charge on any atom is -0.494 e. The summed E-state index contributed by atoms with van der Waals surface area (Å²) in [7, 11) is 0. The molecule has 15 heteroatoms. The molecule has 15 nitrogen and oxygen atoms in total. The summed E-state index contributed by atoms with van der Waals surface area (Å²) >= 11 is 0. The van der Waals surface area contributed by atoms with Crippen molar-refractivity contribution >= 4 is 23.5 Å². The summed E-state index contributed by atoms with van der Waals surface area (Å²) in [6.07, 6.45) is 9.59. The van der Waals surface area contributed by atoms with Gasteiger partial charge in [-0.25, -0.2) is 16.5 Å². The van der Waals surface area contributed by atoms with Crippen molar-refractivity contribution in [2.75, 3.05) is 39.5 Å². The molecule has 1 heterocycles. The Balaban J connectivity index is 0.849. The number of nitrogens with zero attached hydrogens (tertiary/aromatic N) is 2. The molecule has 63 heavy (non-hydrogen) atoms. The Hall–Kier alpha value is -7.49. The van der Waals surface area contributed by atoms with Crippen molar-refractivity contribution in [1.82, 2.24) is 10.0 Å². The van der Waals surface area contributed by atoms with Crippen LogP contribution in [-0.4, -0.2) is 56.0 Å². The number of carbonyl (C=O) groups excluding carboxylic acids is 1. The van der Waals surface area contributed by atoms with Crippen LogP contribution >= 0.6 is 0 Å². The van der Waals surface area contributed by atoms with Crippen molar-refractivity contribution in [3.63, 3.8) is 0 Å². The third-order valence-corrected chi connectivity index (χ3v) is 10.2. The van der Waals surface area contributed by atoms with Gasteiger partial charge < -0.3 is 49.6 Å². The Morgan fingerprint density at radius 3 is 1.78 bits per heavy atom. The average molecular weight is 855 g/mol. The molecule has 8 N–H and O–H groups in total. The SMILES string of the molecule is C/C=C\c1ccc(OC/C(N)=C/N(N)CCCOc2ccc3c(c2)CCc2cc(OCCCN(N)/C=C(\N)COc4ccc5ccc(=O)oc5c4)ccc2-c2c-3c2=O)cc1OC=O. The van der Waals surface area contributed by atoms with E-state index in [2.05, 4.69) is 0 Å². The molecule has 0 amide bonds. The monoisotopic (exact) mass is 854 g/mol. The number of nitrogens with two attached hydrogens (primary N) is 4. The maximum absolute atomic E-state index is 13.1. The molecular formula is C48H50N6O9. The lowest BCUT2D eigenvalue weighted by Crippen LogP contribution is -2.29. The maximum Gasteiger partial charge on any atom is 0.336 e. The molecule has 0 saturated heterocycles. The Kier molecular flexibility index (Phi) is 14.1. The number of carbonyl (C=O) groups is 1. The molecule has 1 aliphatic carbocycles. The van der Waals surface area contributed by atoms with Crippen LogP contribution in [0, 0.1) is 0 Å². The fourth-order valence-electron chi connectivity index (χ4n) is 7.22. The highest BCUT2D eigenvalue weighted by molar-refractivity contribution is 5.97. The van der Waals surface area contributed by atoms with Crippen molar-refractivity contribution < 1.29 is 32.9 Å². The van der Waals surface area contributed by atoms with Crippen LogP contribution < -0.4 is 57.9 Å². The summed E-state index contributed by atoms with van der Waals surface area (Å²) in [5, 5.41) is 3.76. The predicted octanol–water partition coefficient (Wildman–Crippen LogP) is 5.68. The van der Waals surface area contributed by atoms with E-state index >= 15 is 0 Å². The van der Waals surface area contributed by atoms with E-state index in [0.29, 0.717) is 91.3 Å². The molecule has 0 spiro atoms. The van der Waals surface area contributed by atoms with Crippen LogP contribution in [0.4, 0.5) is 0 Å². The molecule has 6 aromatic rings. The molecule has 1 aliphatic rings. The minimum atomic E-state index is -0.433. The number of hydrogen-bond acceptors (Lipinski definition) is 15. The van der Waals surface area contributed by atoms with E-state index in [-0.39, 0.29) is 18.6 Å². The van der Waals surface area contributed by atoms with Gasteiger partial charge in [0.1, 0.15) is 47.5 Å². The molecular weight excluding hydrogens is 805 g/mol. The fourth-order valence-corrected chi connectivity index (χ4v) is 7.22. The second kappa shape index (κ2) is 20.4. The van der Waals surface area contributed by atoms with Crippen LogP contribution in [-0.2, 0) is 17.6 Å². The zero-order valence-electron chi connectivity index (χ0n) is 34.9. The maximum atomic E-state index is 13.1. The molecule has 1 aromatic heterocycles. The van der Waals surface area contributed by atoms with E-state index in [4.69, 9.17) is 51.3 Å². The van der Waals surface area contributed by atoms with Gasteiger partial charge in [0.25, 0.3) is 6.47 Å². The lowest BCUT2D eigenvalue weighted by molar-refractivity contribution is -0.120. The van der Waals surface area contributed by atoms with E-state index in [0.717, 1.165) is 57.2 Å². The predicted molar refractivity (Wildman–Crippen MR) is 241 cm³/mol. The summed E-state index contributed by atoms with van der Waals surface area (Å²) in [6.45, 7) is 4.23. The van der Waals surface area contributed by atoms with Crippen LogP contribution in [0.15, 0.2) is 129 Å². The molecule has 0 unspecified atom stereocenters. The molecule has 7 rings (SSSR count). The second-order valence-corrected chi connectivity index (χ2v) is 14.9. The van der Waals surface area contributed by atoms with Gasteiger partial charge in [-0.3, -0.25) is 9.59 Å². The van der Waals surface area contributed by atoms with Gasteiger partial charge in [0, 0.05) is 78.6 Å². The van der Waals surface area contributed by atoms with Crippen LogP contribution in [0.5, 0.6) is 28.7 Å². The average Bonchev–Trinajstić information content (AvgIpc) is 3.93. The zero-order valence-corrected chi connectivity index (χ0v) is 34.9. The third-order valence-electron chi connectivity index (χ3n) is 10.2. The quantitative estimate of drug-likeness (QED) is 0.0225. The van der Waals surface area contributed by atoms with Crippen LogP contribution in [0.2, 0.25) is 0 Å². The number of rotatable bonds is 21. The minimum absolute atomic E-state index is 0.0628. The van der Waals surface area contributed by atoms with Gasteiger partial charge in [0.2, 0.25) is 0 Å². The zero-order chi connectivity index (χ0) is 44.3. The van der Waals surface area contributed by atoms with Gasteiger partial charge in [-0.05, 0) is 96.6 Å². The van der Waals surface area contributed by atoms with Crippen molar-refractivity contribution in [3.8, 4) is 51.0 Å². The second-order valence-electron chi connectivity index (χ2n) is 14.9. The first kappa shape index (κ1) is 43.6. The smallest absolute Gasteiger partial charge is 0.336 e. The van der Waals surface area contributed by atoms with E-state index in [1.807, 2.05) is 55.5 Å². The summed E-state index contributed by atoms with van der Waals surface area (Å²) in [5.74, 6) is 15.2. The standard InChI is InChI=1S/C48H50N6O9/c1-2-5-31-8-11-39(24-43(31)62-30-55)60-28-35(49)26-53(51)18-3-20-58-37-13-15-41-33(22-37)6-7-34-23-38(14-16-42(34)47-46(41)48(47)57)59-21-4-19-54(52)27-36(50)29-61-40-12-9-32-10-17-45(56)63-44(32)25-40/h2,5,8-17,22-27,30H,3-4,6-7,18-21,28-29,49-52H2,1H3/b5-2-,35-26-,36-27-. The van der Waals surface area contributed by atoms with Gasteiger partial charge in [-0.2, -0.15) is 0 Å². The van der Waals surface area contributed by atoms with Crippen molar-refractivity contribution in [1.29, 1.82) is 0 Å². The van der Waals surface area contributed by atoms with Gasteiger partial charge in [0.15, 0.2) is 5.43 Å². The van der Waals surface area contributed by atoms with Crippen molar-refractivity contribution in [2.24, 2.45) is 23.2 Å². The number of fused-ring (bicyclic) bond motifs is 6. The number of hydrogen-bond donors (Lipinski definition) is 4. The molecule has 326 valence electrons. The summed E-state index contributed by atoms with van der Waals surface area (Å²) in [6, 6.07) is 25.2. The number of aryl methyl sites for hydroxylation is 2. The summed E-state index contributed by atoms with van der Waals surface area (Å²) < 4.78 is 34.0. The van der Waals surface area contributed by atoms with E-state index in [1.54, 1.807) is 54.9 Å². The third kappa shape index (κ3) is 11.5. The lowest BCUT2D eigenvalue weighted by atomic mass is 9.91. The number of hydrazine groups is 2. The highest BCUT2D eigenvalue weighted by Crippen LogP contribution is 2.42. The van der Waals surface area contributed by atoms with E-state index in [9.17, 15) is 14.4 Å². The van der Waals surface area contributed by atoms with Gasteiger partial charge in [-0.15, -0.1) is 0 Å². The van der Waals surface area contributed by atoms with Crippen LogP contribution in [0.25, 0.3) is 39.3 Å². The fraction of sp³-hybridized carbons (Fsp3) is 0.229. The number of allylic oxidation sites excluding steroid dienone is 1. The molecule has 0 fully saturated rings. The number of benzene rings is 4. The van der Waals surface area contributed by atoms with Crippen molar-refractivity contribution in [3.05, 3.63) is 152 Å². The normalized spacial score (nSPS) is 12.6. The van der Waals surface area contributed by atoms with Gasteiger partial charge in [0.05, 0.1) is 24.6 Å². The first-order valence-corrected chi connectivity index (χ1v) is 20.5. The Bertz CT molecular complexity index is 2730. The van der Waals surface area contributed by atoms with Gasteiger partial charge >= 0.3 is 5.63 Å². The highest BCUT2D eigenvalue weighted by Gasteiger charge is 2.30. The molecule has 0 radical (unpaired) electrons. The van der Waals surface area contributed by atoms with Gasteiger partial charge in [-0.1, -0.05) is 24.3 Å². The first-order valence-electron chi connectivity index (χ1n) is 20.5. The van der Waals surface area contributed by atoms with Crippen molar-refractivity contribution in [2.45, 2.75) is 32.6 Å². The largest absolute Gasteiger partial charge is 0.494 e. The first-order chi connectivity index (χ1) is 30.6. The van der Waals surface area contributed by atoms with E-state index in [1.165, 1.54) is 16.1 Å². The topological polar surface area (TPSA) is 221 Å². The summed E-state index contributed by atoms with van der Waals surface area (Å²) in [5.41, 5.74) is 19.4. The summed E-state index contributed by atoms with van der Waals surface area (Å²) in [4.78, 5) is 35.6. The molecule has 0 aliphatic heterocycles. The molecule has 0 bridgehead atoms. The molecule has 0 atom stereocenters. The lowest BCUT2D eigenvalue weighted by Gasteiger charge is -2.17.